The van der Waals surface area contributed by atoms with E-state index in [1.54, 1.807) is 0 Å². The summed E-state index contributed by atoms with van der Waals surface area (Å²) in [6.45, 7) is 0. The molecule has 0 unspecified atom stereocenters. The van der Waals surface area contributed by atoms with Gasteiger partial charge in [-0.1, -0.05) is 0 Å². The molecule has 1 heterocycles. The summed E-state index contributed by atoms with van der Waals surface area (Å²) in [5.41, 5.74) is 2.29. The van der Waals surface area contributed by atoms with Gasteiger partial charge in [-0.3, -0.25) is 4.79 Å². The predicted octanol–water partition coefficient (Wildman–Crippen LogP) is 2.16. The number of ether oxygens (including phenoxy) is 1. The topological polar surface area (TPSA) is 42.1 Å². The van der Waals surface area contributed by atoms with Gasteiger partial charge in [0.1, 0.15) is 11.6 Å². The lowest BCUT2D eigenvalue weighted by Crippen LogP contribution is -2.11. The number of aromatic amines is 1. The van der Waals surface area contributed by atoms with Gasteiger partial charge in [0, 0.05) is 17.3 Å². The Morgan fingerprint density at radius 1 is 1.35 bits per heavy atom. The van der Waals surface area contributed by atoms with Crippen LogP contribution in [0.2, 0.25) is 0 Å². The molecule has 1 aromatic heterocycles. The molecule has 0 spiro atoms. The third-order valence-corrected chi connectivity index (χ3v) is 3.30. The van der Waals surface area contributed by atoms with Crippen LogP contribution in [0.4, 0.5) is 4.39 Å². The first-order valence-corrected chi connectivity index (χ1v) is 5.62. The number of aromatic nitrogens is 1. The van der Waals surface area contributed by atoms with Crippen molar-refractivity contribution in [1.29, 1.82) is 0 Å². The second-order valence-electron chi connectivity index (χ2n) is 4.30. The van der Waals surface area contributed by atoms with Crippen LogP contribution in [-0.4, -0.2) is 12.1 Å². The minimum atomic E-state index is -0.446. The predicted molar refractivity (Wildman–Crippen MR) is 63.1 cm³/mol. The standard InChI is InChI=1S/C13H12FNO2/c1-17-11-6-7(14)5-9-12(11)15-10-4-2-3-8(10)13(9)16/h5-6H,2-4H2,1H3,(H,15,16). The van der Waals surface area contributed by atoms with Crippen molar-refractivity contribution < 1.29 is 9.13 Å². The summed E-state index contributed by atoms with van der Waals surface area (Å²) in [5, 5.41) is 0.377. The van der Waals surface area contributed by atoms with Crippen molar-refractivity contribution in [3.05, 3.63) is 39.4 Å². The number of fused-ring (bicyclic) bond motifs is 2. The van der Waals surface area contributed by atoms with Crippen molar-refractivity contribution in [3.63, 3.8) is 0 Å². The zero-order valence-corrected chi connectivity index (χ0v) is 9.47. The molecule has 0 fully saturated rings. The molecule has 0 radical (unpaired) electrons. The van der Waals surface area contributed by atoms with E-state index in [4.69, 9.17) is 4.74 Å². The number of methoxy groups -OCH3 is 1. The molecule has 17 heavy (non-hydrogen) atoms. The Bertz CT molecular complexity index is 660. The van der Waals surface area contributed by atoms with Gasteiger partial charge in [-0.05, 0) is 25.3 Å². The van der Waals surface area contributed by atoms with E-state index in [-0.39, 0.29) is 5.43 Å². The summed E-state index contributed by atoms with van der Waals surface area (Å²) < 4.78 is 18.5. The van der Waals surface area contributed by atoms with Crippen molar-refractivity contribution >= 4 is 10.9 Å². The molecule has 0 bridgehead atoms. The molecule has 1 N–H and O–H groups in total. The Morgan fingerprint density at radius 2 is 2.18 bits per heavy atom. The van der Waals surface area contributed by atoms with Crippen molar-refractivity contribution in [3.8, 4) is 5.75 Å². The van der Waals surface area contributed by atoms with Gasteiger partial charge in [0.05, 0.1) is 18.0 Å². The number of rotatable bonds is 1. The van der Waals surface area contributed by atoms with E-state index in [9.17, 15) is 9.18 Å². The molecule has 3 rings (SSSR count). The van der Waals surface area contributed by atoms with Crippen LogP contribution in [0.1, 0.15) is 17.7 Å². The van der Waals surface area contributed by atoms with E-state index >= 15 is 0 Å². The van der Waals surface area contributed by atoms with Crippen molar-refractivity contribution in [2.75, 3.05) is 7.11 Å². The van der Waals surface area contributed by atoms with Gasteiger partial charge in [-0.25, -0.2) is 4.39 Å². The molecule has 3 nitrogen and oxygen atoms in total. The average Bonchev–Trinajstić information content (AvgIpc) is 2.78. The molecule has 88 valence electrons. The van der Waals surface area contributed by atoms with E-state index in [1.807, 2.05) is 0 Å². The molecule has 1 aromatic carbocycles. The summed E-state index contributed by atoms with van der Waals surface area (Å²) in [6.07, 6.45) is 2.63. The van der Waals surface area contributed by atoms with Crippen LogP contribution in [0.25, 0.3) is 10.9 Å². The third-order valence-electron chi connectivity index (χ3n) is 3.30. The highest BCUT2D eigenvalue weighted by atomic mass is 19.1. The smallest absolute Gasteiger partial charge is 0.193 e. The lowest BCUT2D eigenvalue weighted by Gasteiger charge is -2.08. The second-order valence-corrected chi connectivity index (χ2v) is 4.30. The molecule has 0 saturated carbocycles. The van der Waals surface area contributed by atoms with Crippen LogP contribution in [0, 0.1) is 5.82 Å². The first kappa shape index (κ1) is 10.3. The summed E-state index contributed by atoms with van der Waals surface area (Å²) in [6, 6.07) is 2.56. The fraction of sp³-hybridized carbons (Fsp3) is 0.308. The maximum atomic E-state index is 13.4. The minimum Gasteiger partial charge on any atom is -0.494 e. The molecule has 1 aliphatic rings. The fourth-order valence-corrected chi connectivity index (χ4v) is 2.50. The Labute approximate surface area is 97.2 Å². The number of hydrogen-bond donors (Lipinski definition) is 1. The van der Waals surface area contributed by atoms with Gasteiger partial charge in [-0.2, -0.15) is 0 Å². The number of hydrogen-bond acceptors (Lipinski definition) is 2. The molecule has 0 saturated heterocycles. The summed E-state index contributed by atoms with van der Waals surface area (Å²) in [4.78, 5) is 15.4. The number of halogens is 1. The first-order valence-electron chi connectivity index (χ1n) is 5.62. The quantitative estimate of drug-likeness (QED) is 0.820. The van der Waals surface area contributed by atoms with Crippen molar-refractivity contribution in [2.24, 2.45) is 0 Å². The van der Waals surface area contributed by atoms with Gasteiger partial charge >= 0.3 is 0 Å². The van der Waals surface area contributed by atoms with Crippen LogP contribution < -0.4 is 10.2 Å². The number of H-pyrrole nitrogens is 1. The lowest BCUT2D eigenvalue weighted by atomic mass is 10.1. The highest BCUT2D eigenvalue weighted by molar-refractivity contribution is 5.85. The lowest BCUT2D eigenvalue weighted by molar-refractivity contribution is 0.415. The van der Waals surface area contributed by atoms with Crippen LogP contribution >= 0.6 is 0 Å². The van der Waals surface area contributed by atoms with E-state index in [2.05, 4.69) is 4.98 Å². The van der Waals surface area contributed by atoms with Gasteiger partial charge in [0.15, 0.2) is 5.43 Å². The summed E-state index contributed by atoms with van der Waals surface area (Å²) >= 11 is 0. The Morgan fingerprint density at radius 3 is 2.94 bits per heavy atom. The molecule has 4 heteroatoms. The molecule has 0 amide bonds. The fourth-order valence-electron chi connectivity index (χ4n) is 2.50. The molecule has 2 aromatic rings. The maximum Gasteiger partial charge on any atom is 0.193 e. The van der Waals surface area contributed by atoms with E-state index in [1.165, 1.54) is 19.2 Å². The average molecular weight is 233 g/mol. The molecule has 0 aliphatic heterocycles. The second kappa shape index (κ2) is 3.58. The zero-order valence-electron chi connectivity index (χ0n) is 9.47. The zero-order chi connectivity index (χ0) is 12.0. The number of nitrogens with one attached hydrogen (secondary N) is 1. The van der Waals surface area contributed by atoms with Crippen LogP contribution in [-0.2, 0) is 12.8 Å². The normalized spacial score (nSPS) is 14.0. The molecular weight excluding hydrogens is 221 g/mol. The Hall–Kier alpha value is -1.84. The largest absolute Gasteiger partial charge is 0.494 e. The SMILES string of the molecule is COc1cc(F)cc2c(=O)c3c([nH]c12)CCC3. The van der Waals surface area contributed by atoms with E-state index in [0.717, 1.165) is 30.5 Å². The Kier molecular flexibility index (Phi) is 2.18. The van der Waals surface area contributed by atoms with Crippen LogP contribution in [0.3, 0.4) is 0 Å². The molecule has 1 aliphatic carbocycles. The Balaban J connectivity index is 2.47. The summed E-state index contributed by atoms with van der Waals surface area (Å²) in [5.74, 6) is -0.0652. The maximum absolute atomic E-state index is 13.4. The van der Waals surface area contributed by atoms with Gasteiger partial charge in [-0.15, -0.1) is 0 Å². The van der Waals surface area contributed by atoms with Crippen LogP contribution in [0.5, 0.6) is 5.75 Å². The first-order chi connectivity index (χ1) is 8.20. The van der Waals surface area contributed by atoms with Gasteiger partial charge in [0.25, 0.3) is 0 Å². The summed E-state index contributed by atoms with van der Waals surface area (Å²) in [7, 11) is 1.47. The minimum absolute atomic E-state index is 0.0657. The van der Waals surface area contributed by atoms with E-state index < -0.39 is 5.82 Å². The molecular formula is C13H12FNO2. The third kappa shape index (κ3) is 1.44. The van der Waals surface area contributed by atoms with E-state index in [0.29, 0.717) is 16.7 Å². The van der Waals surface area contributed by atoms with Crippen molar-refractivity contribution in [2.45, 2.75) is 19.3 Å². The van der Waals surface area contributed by atoms with Gasteiger partial charge in [0.2, 0.25) is 0 Å². The monoisotopic (exact) mass is 233 g/mol. The highest BCUT2D eigenvalue weighted by Gasteiger charge is 2.19. The number of aryl methyl sites for hydroxylation is 1. The number of pyridine rings is 1. The van der Waals surface area contributed by atoms with Crippen LogP contribution in [0.15, 0.2) is 16.9 Å². The number of benzene rings is 1. The highest BCUT2D eigenvalue weighted by Crippen LogP contribution is 2.27. The van der Waals surface area contributed by atoms with Crippen molar-refractivity contribution in [1.82, 2.24) is 4.98 Å². The van der Waals surface area contributed by atoms with Gasteiger partial charge < -0.3 is 9.72 Å². The molecule has 0 atom stereocenters.